The fourth-order valence-corrected chi connectivity index (χ4v) is 2.09. The second-order valence-corrected chi connectivity index (χ2v) is 5.67. The summed E-state index contributed by atoms with van der Waals surface area (Å²) in [5.41, 5.74) is 6.47. The molecule has 4 N–H and O–H groups in total. The Labute approximate surface area is 131 Å². The molecule has 0 aliphatic heterocycles. The average Bonchev–Trinajstić information content (AvgIpc) is 2.35. The fourth-order valence-electron chi connectivity index (χ4n) is 2.09. The third-order valence-corrected chi connectivity index (χ3v) is 3.52. The highest BCUT2D eigenvalue weighted by molar-refractivity contribution is 5.99. The van der Waals surface area contributed by atoms with Gasteiger partial charge < -0.3 is 16.4 Å². The van der Waals surface area contributed by atoms with Crippen molar-refractivity contribution in [3.05, 3.63) is 29.8 Å². The number of hydrogen-bond donors (Lipinski definition) is 3. The van der Waals surface area contributed by atoms with Crippen LogP contribution in [0.1, 0.15) is 43.5 Å². The molecule has 0 aromatic heterocycles. The average molecular weight is 312 g/mol. The predicted molar refractivity (Wildman–Crippen MR) is 85.7 cm³/mol. The van der Waals surface area contributed by atoms with Crippen LogP contribution in [-0.4, -0.2) is 23.4 Å². The summed E-state index contributed by atoms with van der Waals surface area (Å²) in [5.74, 6) is -0.268. The number of amides is 2. The molecular weight excluding hydrogens is 290 g/mol. The van der Waals surface area contributed by atoms with Gasteiger partial charge in [0, 0.05) is 17.3 Å². The van der Waals surface area contributed by atoms with Crippen molar-refractivity contribution in [2.75, 3.05) is 5.32 Å². The first-order chi connectivity index (χ1) is 9.40. The van der Waals surface area contributed by atoms with Gasteiger partial charge in [0.1, 0.15) is 0 Å². The maximum absolute atomic E-state index is 12.0. The summed E-state index contributed by atoms with van der Waals surface area (Å²) >= 11 is 0. The molecule has 1 aromatic rings. The van der Waals surface area contributed by atoms with Crippen molar-refractivity contribution in [3.8, 4) is 0 Å². The summed E-state index contributed by atoms with van der Waals surface area (Å²) in [7, 11) is 0. The first kappa shape index (κ1) is 17.5. The van der Waals surface area contributed by atoms with Gasteiger partial charge in [-0.05, 0) is 57.4 Å². The van der Waals surface area contributed by atoms with Gasteiger partial charge in [-0.3, -0.25) is 9.59 Å². The van der Waals surface area contributed by atoms with E-state index in [0.717, 1.165) is 19.3 Å². The number of carbonyl (C=O) groups excluding carboxylic acids is 2. The topological polar surface area (TPSA) is 84.2 Å². The van der Waals surface area contributed by atoms with E-state index in [1.807, 2.05) is 13.8 Å². The maximum Gasteiger partial charge on any atom is 0.251 e. The predicted octanol–water partition coefficient (Wildman–Crippen LogP) is 2.07. The van der Waals surface area contributed by atoms with Crippen LogP contribution in [-0.2, 0) is 4.79 Å². The number of hydrogen-bond acceptors (Lipinski definition) is 3. The third kappa shape index (κ3) is 4.19. The first-order valence-electron chi connectivity index (χ1n) is 6.92. The lowest BCUT2D eigenvalue weighted by Crippen LogP contribution is -2.56. The molecule has 0 saturated heterocycles. The minimum atomic E-state index is -0.715. The molecule has 0 atom stereocenters. The van der Waals surface area contributed by atoms with Crippen molar-refractivity contribution in [3.63, 3.8) is 0 Å². The van der Waals surface area contributed by atoms with Crippen LogP contribution < -0.4 is 16.4 Å². The highest BCUT2D eigenvalue weighted by Crippen LogP contribution is 2.30. The second-order valence-electron chi connectivity index (χ2n) is 5.67. The Morgan fingerprint density at radius 2 is 1.76 bits per heavy atom. The molecule has 2 amide bonds. The van der Waals surface area contributed by atoms with Crippen molar-refractivity contribution in [1.29, 1.82) is 0 Å². The number of halogens is 1. The molecule has 1 aliphatic carbocycles. The largest absolute Gasteiger partial charge is 0.350 e. The van der Waals surface area contributed by atoms with E-state index in [1.54, 1.807) is 24.3 Å². The van der Waals surface area contributed by atoms with Crippen LogP contribution in [0.2, 0.25) is 0 Å². The number of nitrogens with two attached hydrogens (primary N) is 1. The van der Waals surface area contributed by atoms with Gasteiger partial charge in [-0.15, -0.1) is 12.4 Å². The summed E-state index contributed by atoms with van der Waals surface area (Å²) in [5, 5.41) is 5.61. The maximum atomic E-state index is 12.0. The Bertz CT molecular complexity index is 510. The van der Waals surface area contributed by atoms with Crippen LogP contribution in [0, 0.1) is 0 Å². The van der Waals surface area contributed by atoms with E-state index in [0.29, 0.717) is 11.3 Å². The van der Waals surface area contributed by atoms with Crippen LogP contribution in [0.25, 0.3) is 0 Å². The molecule has 0 unspecified atom stereocenters. The molecule has 0 spiro atoms. The second kappa shape index (κ2) is 6.91. The molecule has 21 heavy (non-hydrogen) atoms. The molecule has 0 heterocycles. The van der Waals surface area contributed by atoms with Crippen LogP contribution >= 0.6 is 12.4 Å². The first-order valence-corrected chi connectivity index (χ1v) is 6.92. The van der Waals surface area contributed by atoms with Crippen molar-refractivity contribution < 1.29 is 9.59 Å². The van der Waals surface area contributed by atoms with E-state index in [1.165, 1.54) is 0 Å². The lowest BCUT2D eigenvalue weighted by atomic mass is 9.77. The SMILES string of the molecule is CC(C)NC(=O)c1ccc(NC(=O)C2(N)CCC2)cc1.Cl. The zero-order chi connectivity index (χ0) is 14.8. The third-order valence-electron chi connectivity index (χ3n) is 3.52. The molecule has 116 valence electrons. The Balaban J connectivity index is 0.00000220. The van der Waals surface area contributed by atoms with E-state index in [-0.39, 0.29) is 30.3 Å². The van der Waals surface area contributed by atoms with Crippen molar-refractivity contribution in [1.82, 2.24) is 5.32 Å². The molecule has 0 bridgehead atoms. The van der Waals surface area contributed by atoms with Crippen LogP contribution in [0.5, 0.6) is 0 Å². The van der Waals surface area contributed by atoms with Crippen molar-refractivity contribution >= 4 is 29.9 Å². The summed E-state index contributed by atoms with van der Waals surface area (Å²) in [6.45, 7) is 3.82. The van der Waals surface area contributed by atoms with Crippen LogP contribution in [0.3, 0.4) is 0 Å². The Morgan fingerprint density at radius 3 is 2.19 bits per heavy atom. The normalized spacial score (nSPS) is 15.6. The molecule has 5 nitrogen and oxygen atoms in total. The number of nitrogens with one attached hydrogen (secondary N) is 2. The highest BCUT2D eigenvalue weighted by Gasteiger charge is 2.40. The van der Waals surface area contributed by atoms with Crippen molar-refractivity contribution in [2.45, 2.75) is 44.7 Å². The summed E-state index contributed by atoms with van der Waals surface area (Å²) in [6.07, 6.45) is 2.46. The summed E-state index contributed by atoms with van der Waals surface area (Å²) < 4.78 is 0. The van der Waals surface area contributed by atoms with E-state index in [4.69, 9.17) is 5.73 Å². The number of rotatable bonds is 4. The minimum absolute atomic E-state index is 0. The van der Waals surface area contributed by atoms with Crippen LogP contribution in [0.4, 0.5) is 5.69 Å². The van der Waals surface area contributed by atoms with Gasteiger partial charge in [0.2, 0.25) is 5.91 Å². The van der Waals surface area contributed by atoms with Gasteiger partial charge >= 0.3 is 0 Å². The van der Waals surface area contributed by atoms with Gasteiger partial charge in [0.05, 0.1) is 5.54 Å². The Morgan fingerprint density at radius 1 is 1.19 bits per heavy atom. The van der Waals surface area contributed by atoms with E-state index >= 15 is 0 Å². The lowest BCUT2D eigenvalue weighted by molar-refractivity contribution is -0.123. The molecular formula is C15H22ClN3O2. The van der Waals surface area contributed by atoms with Gasteiger partial charge in [-0.25, -0.2) is 0 Å². The molecule has 6 heteroatoms. The fraction of sp³-hybridized carbons (Fsp3) is 0.467. The molecule has 1 fully saturated rings. The standard InChI is InChI=1S/C15H21N3O2.ClH/c1-10(2)17-13(19)11-4-6-12(7-5-11)18-14(20)15(16)8-3-9-15;/h4-7,10H,3,8-9,16H2,1-2H3,(H,17,19)(H,18,20);1H. The Kier molecular flexibility index (Phi) is 5.75. The molecule has 1 saturated carbocycles. The summed E-state index contributed by atoms with van der Waals surface area (Å²) in [4.78, 5) is 23.8. The molecule has 0 radical (unpaired) electrons. The molecule has 1 aliphatic rings. The number of anilines is 1. The van der Waals surface area contributed by atoms with E-state index in [2.05, 4.69) is 10.6 Å². The minimum Gasteiger partial charge on any atom is -0.350 e. The van der Waals surface area contributed by atoms with Gasteiger partial charge in [-0.2, -0.15) is 0 Å². The van der Waals surface area contributed by atoms with Gasteiger partial charge in [-0.1, -0.05) is 0 Å². The Hall–Kier alpha value is -1.59. The smallest absolute Gasteiger partial charge is 0.251 e. The zero-order valence-electron chi connectivity index (χ0n) is 12.3. The molecule has 2 rings (SSSR count). The number of benzene rings is 1. The zero-order valence-corrected chi connectivity index (χ0v) is 13.1. The monoisotopic (exact) mass is 311 g/mol. The highest BCUT2D eigenvalue weighted by atomic mass is 35.5. The number of carbonyl (C=O) groups is 2. The van der Waals surface area contributed by atoms with E-state index < -0.39 is 5.54 Å². The van der Waals surface area contributed by atoms with Crippen molar-refractivity contribution in [2.24, 2.45) is 5.73 Å². The van der Waals surface area contributed by atoms with Gasteiger partial charge in [0.15, 0.2) is 0 Å². The van der Waals surface area contributed by atoms with Gasteiger partial charge in [0.25, 0.3) is 5.91 Å². The quantitative estimate of drug-likeness (QED) is 0.796. The van der Waals surface area contributed by atoms with Crippen LogP contribution in [0.15, 0.2) is 24.3 Å². The molecule has 1 aromatic carbocycles. The van der Waals surface area contributed by atoms with E-state index in [9.17, 15) is 9.59 Å². The lowest BCUT2D eigenvalue weighted by Gasteiger charge is -2.36. The summed E-state index contributed by atoms with van der Waals surface area (Å²) in [6, 6.07) is 6.91.